The maximum absolute atomic E-state index is 5.79. The molecule has 1 aromatic rings. The number of nitrogens with two attached hydrogens (primary N) is 1. The molecule has 0 unspecified atom stereocenters. The minimum atomic E-state index is 0.784. The lowest BCUT2D eigenvalue weighted by Crippen LogP contribution is -2.44. The first-order chi connectivity index (χ1) is 9.86. The summed E-state index contributed by atoms with van der Waals surface area (Å²) in [5.74, 6) is 1.58. The highest BCUT2D eigenvalue weighted by atomic mass is 15.2. The number of benzene rings is 1. The van der Waals surface area contributed by atoms with Gasteiger partial charge in [0.1, 0.15) is 0 Å². The van der Waals surface area contributed by atoms with E-state index in [9.17, 15) is 0 Å². The quantitative estimate of drug-likeness (QED) is 0.914. The molecule has 1 saturated heterocycles. The van der Waals surface area contributed by atoms with Crippen LogP contribution in [0.15, 0.2) is 30.3 Å². The average Bonchev–Trinajstić information content (AvgIpc) is 2.56. The molecule has 0 bridgehead atoms. The third kappa shape index (κ3) is 3.24. The van der Waals surface area contributed by atoms with Crippen LogP contribution >= 0.6 is 0 Å². The van der Waals surface area contributed by atoms with E-state index in [2.05, 4.69) is 35.2 Å². The van der Waals surface area contributed by atoms with E-state index >= 15 is 0 Å². The third-order valence-electron chi connectivity index (χ3n) is 5.47. The maximum Gasteiger partial charge on any atom is 0.00956 e. The van der Waals surface area contributed by atoms with E-state index in [4.69, 9.17) is 5.73 Å². The zero-order valence-corrected chi connectivity index (χ0v) is 12.5. The first kappa shape index (κ1) is 14.1. The first-order valence-electron chi connectivity index (χ1n) is 8.36. The Morgan fingerprint density at radius 3 is 2.15 bits per heavy atom. The van der Waals surface area contributed by atoms with Gasteiger partial charge in [-0.05, 0) is 75.6 Å². The number of rotatable bonds is 3. The topological polar surface area (TPSA) is 29.3 Å². The SMILES string of the molecule is NCC1CCN(C2CCC(c3ccccc3)CC2)CC1. The van der Waals surface area contributed by atoms with Crippen LogP contribution in [0.2, 0.25) is 0 Å². The zero-order chi connectivity index (χ0) is 13.8. The van der Waals surface area contributed by atoms with Crippen LogP contribution in [0.1, 0.15) is 50.0 Å². The molecule has 2 heteroatoms. The summed E-state index contributed by atoms with van der Waals surface area (Å²) in [6.07, 6.45) is 8.13. The second-order valence-electron chi connectivity index (χ2n) is 6.63. The summed E-state index contributed by atoms with van der Waals surface area (Å²) < 4.78 is 0. The Morgan fingerprint density at radius 2 is 1.55 bits per heavy atom. The second kappa shape index (κ2) is 6.73. The van der Waals surface area contributed by atoms with Gasteiger partial charge in [-0.1, -0.05) is 30.3 Å². The fraction of sp³-hybridized carbons (Fsp3) is 0.667. The van der Waals surface area contributed by atoms with Crippen molar-refractivity contribution >= 4 is 0 Å². The summed E-state index contributed by atoms with van der Waals surface area (Å²) in [6, 6.07) is 11.9. The second-order valence-corrected chi connectivity index (χ2v) is 6.63. The highest BCUT2D eigenvalue weighted by Gasteiger charge is 2.28. The number of hydrogen-bond acceptors (Lipinski definition) is 2. The van der Waals surface area contributed by atoms with Gasteiger partial charge in [0.25, 0.3) is 0 Å². The molecular weight excluding hydrogens is 244 g/mol. The van der Waals surface area contributed by atoms with Crippen LogP contribution in [-0.2, 0) is 0 Å². The van der Waals surface area contributed by atoms with E-state index in [1.54, 1.807) is 5.56 Å². The lowest BCUT2D eigenvalue weighted by atomic mass is 9.80. The monoisotopic (exact) mass is 272 g/mol. The zero-order valence-electron chi connectivity index (χ0n) is 12.5. The van der Waals surface area contributed by atoms with Crippen LogP contribution in [0.25, 0.3) is 0 Å². The Hall–Kier alpha value is -0.860. The summed E-state index contributed by atoms with van der Waals surface area (Å²) >= 11 is 0. The molecule has 2 fully saturated rings. The molecule has 0 aromatic heterocycles. The van der Waals surface area contributed by atoms with Crippen molar-refractivity contribution in [3.63, 3.8) is 0 Å². The van der Waals surface area contributed by atoms with Gasteiger partial charge in [-0.2, -0.15) is 0 Å². The molecule has 1 saturated carbocycles. The van der Waals surface area contributed by atoms with E-state index in [0.29, 0.717) is 0 Å². The fourth-order valence-corrected chi connectivity index (χ4v) is 4.05. The number of piperidine rings is 1. The van der Waals surface area contributed by atoms with Crippen molar-refractivity contribution in [3.8, 4) is 0 Å². The molecule has 2 aliphatic rings. The van der Waals surface area contributed by atoms with Crippen molar-refractivity contribution in [1.29, 1.82) is 0 Å². The van der Waals surface area contributed by atoms with Crippen LogP contribution in [0.4, 0.5) is 0 Å². The van der Waals surface area contributed by atoms with Gasteiger partial charge in [0.15, 0.2) is 0 Å². The predicted molar refractivity (Wildman–Crippen MR) is 84.8 cm³/mol. The Morgan fingerprint density at radius 1 is 0.900 bits per heavy atom. The molecule has 0 atom stereocenters. The Kier molecular flexibility index (Phi) is 4.74. The molecule has 2 nitrogen and oxygen atoms in total. The van der Waals surface area contributed by atoms with E-state index in [-0.39, 0.29) is 0 Å². The van der Waals surface area contributed by atoms with Gasteiger partial charge in [0, 0.05) is 6.04 Å². The van der Waals surface area contributed by atoms with E-state index in [1.807, 2.05) is 0 Å². The molecule has 1 aromatic carbocycles. The Balaban J connectivity index is 1.49. The number of nitrogens with zero attached hydrogens (tertiary/aromatic N) is 1. The van der Waals surface area contributed by atoms with Gasteiger partial charge in [0.2, 0.25) is 0 Å². The molecule has 1 aliphatic heterocycles. The van der Waals surface area contributed by atoms with Crippen molar-refractivity contribution < 1.29 is 0 Å². The normalized spacial score (nSPS) is 29.4. The largest absolute Gasteiger partial charge is 0.330 e. The number of likely N-dealkylation sites (tertiary alicyclic amines) is 1. The summed E-state index contributed by atoms with van der Waals surface area (Å²) in [5.41, 5.74) is 7.34. The minimum Gasteiger partial charge on any atom is -0.330 e. The molecule has 0 spiro atoms. The predicted octanol–water partition coefficient (Wildman–Crippen LogP) is 3.38. The molecule has 20 heavy (non-hydrogen) atoms. The fourth-order valence-electron chi connectivity index (χ4n) is 4.05. The third-order valence-corrected chi connectivity index (χ3v) is 5.47. The van der Waals surface area contributed by atoms with Gasteiger partial charge >= 0.3 is 0 Å². The maximum atomic E-state index is 5.79. The summed E-state index contributed by atoms with van der Waals surface area (Å²) in [4.78, 5) is 2.74. The van der Waals surface area contributed by atoms with E-state index < -0.39 is 0 Å². The smallest absolute Gasteiger partial charge is 0.00956 e. The summed E-state index contributed by atoms with van der Waals surface area (Å²) in [6.45, 7) is 3.44. The summed E-state index contributed by atoms with van der Waals surface area (Å²) in [5, 5.41) is 0. The molecule has 0 amide bonds. The van der Waals surface area contributed by atoms with Gasteiger partial charge in [-0.25, -0.2) is 0 Å². The molecule has 110 valence electrons. The molecule has 2 N–H and O–H groups in total. The first-order valence-corrected chi connectivity index (χ1v) is 8.36. The van der Waals surface area contributed by atoms with Crippen LogP contribution in [0.3, 0.4) is 0 Å². The molecular formula is C18H28N2. The highest BCUT2D eigenvalue weighted by molar-refractivity contribution is 5.20. The Labute approximate surface area is 123 Å². The number of hydrogen-bond donors (Lipinski definition) is 1. The van der Waals surface area contributed by atoms with Gasteiger partial charge in [-0.3, -0.25) is 0 Å². The molecule has 0 radical (unpaired) electrons. The molecule has 1 aliphatic carbocycles. The van der Waals surface area contributed by atoms with Crippen molar-refractivity contribution in [1.82, 2.24) is 4.90 Å². The lowest BCUT2D eigenvalue weighted by Gasteiger charge is -2.40. The van der Waals surface area contributed by atoms with Crippen molar-refractivity contribution in [3.05, 3.63) is 35.9 Å². The molecule has 1 heterocycles. The highest BCUT2D eigenvalue weighted by Crippen LogP contribution is 2.35. The van der Waals surface area contributed by atoms with Crippen molar-refractivity contribution in [2.24, 2.45) is 11.7 Å². The Bertz CT molecular complexity index is 387. The molecule has 3 rings (SSSR count). The van der Waals surface area contributed by atoms with Gasteiger partial charge in [0.05, 0.1) is 0 Å². The standard InChI is InChI=1S/C18H28N2/c19-14-15-10-12-20(13-11-15)18-8-6-17(7-9-18)16-4-2-1-3-5-16/h1-5,15,17-18H,6-14,19H2. The van der Waals surface area contributed by atoms with Crippen molar-refractivity contribution in [2.45, 2.75) is 50.5 Å². The van der Waals surface area contributed by atoms with Crippen LogP contribution in [-0.4, -0.2) is 30.6 Å². The summed E-state index contributed by atoms with van der Waals surface area (Å²) in [7, 11) is 0. The average molecular weight is 272 g/mol. The van der Waals surface area contributed by atoms with E-state index in [1.165, 1.54) is 51.6 Å². The van der Waals surface area contributed by atoms with Crippen LogP contribution < -0.4 is 5.73 Å². The lowest BCUT2D eigenvalue weighted by molar-refractivity contribution is 0.104. The van der Waals surface area contributed by atoms with Gasteiger partial charge in [-0.15, -0.1) is 0 Å². The van der Waals surface area contributed by atoms with Gasteiger partial charge < -0.3 is 10.6 Å². The minimum absolute atomic E-state index is 0.784. The van der Waals surface area contributed by atoms with Crippen LogP contribution in [0, 0.1) is 5.92 Å². The van der Waals surface area contributed by atoms with E-state index in [0.717, 1.165) is 24.4 Å². The van der Waals surface area contributed by atoms with Crippen LogP contribution in [0.5, 0.6) is 0 Å². The van der Waals surface area contributed by atoms with Crippen molar-refractivity contribution in [2.75, 3.05) is 19.6 Å².